The average molecular weight is 671 g/mol. The van der Waals surface area contributed by atoms with Crippen molar-refractivity contribution in [1.82, 2.24) is 19.5 Å². The second kappa shape index (κ2) is 10.9. The zero-order chi connectivity index (χ0) is 33.5. The monoisotopic (exact) mass is 670 g/mol. The quantitative estimate of drug-likeness (QED) is 0.187. The molecule has 238 valence electrons. The molecule has 0 saturated heterocycles. The molecular weight excluding hydrogens is 645 g/mol. The van der Waals surface area contributed by atoms with E-state index in [0.29, 0.717) is 17.6 Å². The normalized spacial score (nSPS) is 11.9. The zero-order valence-electron chi connectivity index (χ0n) is 27.1. The summed E-state index contributed by atoms with van der Waals surface area (Å²) in [6.07, 6.45) is 0. The first-order valence-electron chi connectivity index (χ1n) is 16.9. The van der Waals surface area contributed by atoms with Gasteiger partial charge in [0.15, 0.2) is 11.6 Å². The Morgan fingerprint density at radius 2 is 1.10 bits per heavy atom. The van der Waals surface area contributed by atoms with E-state index in [1.165, 1.54) is 31.3 Å². The summed E-state index contributed by atoms with van der Waals surface area (Å²) in [6.45, 7) is 0. The SMILES string of the molecule is c1ccc(-c2nc(-c3ccc4c(c3)oc3ccc(-c5cccc6c5sc5ccccc56)cc34)nc(-n3c4ccccc4c4ccccc43)n2)cc1. The lowest BCUT2D eigenvalue weighted by molar-refractivity contribution is 0.669. The standard InChI is InChI=1S/C45H26N4OS/c1-2-11-27(12-3-1)43-46-44(48-45(47-43)49-37-18-7-4-13-31(37)32-14-5-8-19-38(32)49)29-21-23-33-36-25-28(22-24-39(36)50-40(33)26-29)30-16-10-17-35-34-15-6-9-20-41(34)51-42(30)35/h1-26H. The zero-order valence-corrected chi connectivity index (χ0v) is 27.9. The maximum Gasteiger partial charge on any atom is 0.238 e. The summed E-state index contributed by atoms with van der Waals surface area (Å²) in [7, 11) is 0. The topological polar surface area (TPSA) is 56.7 Å². The van der Waals surface area contributed by atoms with Gasteiger partial charge in [0.2, 0.25) is 5.95 Å². The van der Waals surface area contributed by atoms with E-state index in [1.807, 2.05) is 41.7 Å². The predicted molar refractivity (Wildman–Crippen MR) is 211 cm³/mol. The third-order valence-corrected chi connectivity index (χ3v) is 11.1. The Kier molecular flexibility index (Phi) is 6.05. The van der Waals surface area contributed by atoms with E-state index in [2.05, 4.69) is 132 Å². The van der Waals surface area contributed by atoms with Gasteiger partial charge in [-0.15, -0.1) is 11.3 Å². The molecule has 0 aliphatic heterocycles. The summed E-state index contributed by atoms with van der Waals surface area (Å²) in [5, 5.41) is 7.04. The van der Waals surface area contributed by atoms with Crippen LogP contribution in [-0.2, 0) is 0 Å². The molecule has 0 unspecified atom stereocenters. The molecule has 0 atom stereocenters. The Balaban J connectivity index is 1.08. The largest absolute Gasteiger partial charge is 0.456 e. The minimum Gasteiger partial charge on any atom is -0.456 e. The van der Waals surface area contributed by atoms with Crippen molar-refractivity contribution in [2.24, 2.45) is 0 Å². The summed E-state index contributed by atoms with van der Waals surface area (Å²) in [5.74, 6) is 1.77. The molecule has 0 N–H and O–H groups in total. The van der Waals surface area contributed by atoms with Gasteiger partial charge < -0.3 is 4.42 Å². The van der Waals surface area contributed by atoms with E-state index in [9.17, 15) is 0 Å². The first-order chi connectivity index (χ1) is 25.3. The van der Waals surface area contributed by atoms with Crippen molar-refractivity contribution < 1.29 is 4.42 Å². The third-order valence-electron chi connectivity index (χ3n) is 9.88. The van der Waals surface area contributed by atoms with E-state index >= 15 is 0 Å². The molecule has 0 fully saturated rings. The first kappa shape index (κ1) is 28.2. The molecule has 51 heavy (non-hydrogen) atoms. The fraction of sp³-hybridized carbons (Fsp3) is 0. The van der Waals surface area contributed by atoms with Gasteiger partial charge >= 0.3 is 0 Å². The van der Waals surface area contributed by atoms with Crippen molar-refractivity contribution in [3.63, 3.8) is 0 Å². The fourth-order valence-electron chi connectivity index (χ4n) is 7.51. The second-order valence-electron chi connectivity index (χ2n) is 12.8. The molecule has 0 aliphatic carbocycles. The van der Waals surface area contributed by atoms with Crippen LogP contribution in [0.25, 0.3) is 104 Å². The lowest BCUT2D eigenvalue weighted by Gasteiger charge is -2.10. The summed E-state index contributed by atoms with van der Waals surface area (Å²) in [5.41, 5.74) is 7.92. The van der Waals surface area contributed by atoms with Gasteiger partial charge in [0, 0.05) is 52.8 Å². The Morgan fingerprint density at radius 3 is 1.90 bits per heavy atom. The third kappa shape index (κ3) is 4.37. The molecule has 11 aromatic rings. The van der Waals surface area contributed by atoms with Crippen LogP contribution < -0.4 is 0 Å². The van der Waals surface area contributed by atoms with Gasteiger partial charge in [-0.3, -0.25) is 4.57 Å². The fourth-order valence-corrected chi connectivity index (χ4v) is 8.74. The van der Waals surface area contributed by atoms with Crippen LogP contribution in [0.15, 0.2) is 162 Å². The van der Waals surface area contributed by atoms with Crippen LogP contribution in [-0.4, -0.2) is 19.5 Å². The van der Waals surface area contributed by atoms with E-state index in [-0.39, 0.29) is 0 Å². The van der Waals surface area contributed by atoms with Crippen LogP contribution in [0, 0.1) is 0 Å². The number of furan rings is 1. The van der Waals surface area contributed by atoms with E-state index < -0.39 is 0 Å². The second-order valence-corrected chi connectivity index (χ2v) is 13.9. The number of fused-ring (bicyclic) bond motifs is 9. The van der Waals surface area contributed by atoms with Crippen LogP contribution >= 0.6 is 11.3 Å². The van der Waals surface area contributed by atoms with Crippen LogP contribution in [0.2, 0.25) is 0 Å². The number of hydrogen-bond donors (Lipinski definition) is 0. The highest BCUT2D eigenvalue weighted by atomic mass is 32.1. The Morgan fingerprint density at radius 1 is 0.431 bits per heavy atom. The van der Waals surface area contributed by atoms with Crippen molar-refractivity contribution in [3.8, 4) is 39.9 Å². The molecule has 0 bridgehead atoms. The molecule has 6 heteroatoms. The van der Waals surface area contributed by atoms with Crippen LogP contribution in [0.1, 0.15) is 0 Å². The highest BCUT2D eigenvalue weighted by Crippen LogP contribution is 2.42. The number of aromatic nitrogens is 4. The van der Waals surface area contributed by atoms with Gasteiger partial charge in [0.25, 0.3) is 0 Å². The summed E-state index contributed by atoms with van der Waals surface area (Å²) in [6, 6.07) is 54.9. The number of benzene rings is 7. The van der Waals surface area contributed by atoms with Crippen molar-refractivity contribution in [2.75, 3.05) is 0 Å². The maximum absolute atomic E-state index is 6.50. The molecule has 0 radical (unpaired) electrons. The predicted octanol–water partition coefficient (Wildman–Crippen LogP) is 12.2. The smallest absolute Gasteiger partial charge is 0.238 e. The van der Waals surface area contributed by atoms with Gasteiger partial charge in [-0.1, -0.05) is 115 Å². The lowest BCUT2D eigenvalue weighted by Crippen LogP contribution is -2.06. The van der Waals surface area contributed by atoms with E-state index in [1.54, 1.807) is 0 Å². The first-order valence-corrected chi connectivity index (χ1v) is 17.8. The van der Waals surface area contributed by atoms with E-state index in [4.69, 9.17) is 19.4 Å². The minimum absolute atomic E-state index is 0.570. The van der Waals surface area contributed by atoms with Gasteiger partial charge in [-0.25, -0.2) is 4.98 Å². The molecular formula is C45H26N4OS. The van der Waals surface area contributed by atoms with Gasteiger partial charge in [0.05, 0.1) is 11.0 Å². The highest BCUT2D eigenvalue weighted by Gasteiger charge is 2.19. The minimum atomic E-state index is 0.570. The molecule has 0 spiro atoms. The van der Waals surface area contributed by atoms with Crippen molar-refractivity contribution in [3.05, 3.63) is 158 Å². The Bertz CT molecular complexity index is 3100. The number of para-hydroxylation sites is 2. The molecule has 4 aromatic heterocycles. The lowest BCUT2D eigenvalue weighted by atomic mass is 10.0. The van der Waals surface area contributed by atoms with Crippen molar-refractivity contribution in [1.29, 1.82) is 0 Å². The summed E-state index contributed by atoms with van der Waals surface area (Å²) < 4.78 is 11.2. The number of hydrogen-bond acceptors (Lipinski definition) is 5. The van der Waals surface area contributed by atoms with Crippen molar-refractivity contribution in [2.45, 2.75) is 0 Å². The van der Waals surface area contributed by atoms with E-state index in [0.717, 1.165) is 54.9 Å². The van der Waals surface area contributed by atoms with Crippen LogP contribution in [0.4, 0.5) is 0 Å². The van der Waals surface area contributed by atoms with Gasteiger partial charge in [-0.05, 0) is 53.6 Å². The maximum atomic E-state index is 6.50. The summed E-state index contributed by atoms with van der Waals surface area (Å²) in [4.78, 5) is 15.2. The van der Waals surface area contributed by atoms with Crippen LogP contribution in [0.5, 0.6) is 0 Å². The number of rotatable bonds is 4. The van der Waals surface area contributed by atoms with Crippen LogP contribution in [0.3, 0.4) is 0 Å². The van der Waals surface area contributed by atoms with Gasteiger partial charge in [0.1, 0.15) is 11.2 Å². The molecule has 0 saturated carbocycles. The van der Waals surface area contributed by atoms with Crippen molar-refractivity contribution >= 4 is 75.3 Å². The highest BCUT2D eigenvalue weighted by molar-refractivity contribution is 7.26. The van der Waals surface area contributed by atoms with Gasteiger partial charge in [-0.2, -0.15) is 9.97 Å². The molecule has 0 amide bonds. The molecule has 5 nitrogen and oxygen atoms in total. The molecule has 0 aliphatic rings. The molecule has 7 aromatic carbocycles. The number of nitrogens with zero attached hydrogens (tertiary/aromatic N) is 4. The summed E-state index contributed by atoms with van der Waals surface area (Å²) >= 11 is 1.85. The Hall–Kier alpha value is -6.63. The average Bonchev–Trinajstić information content (AvgIpc) is 3.87. The number of thiophene rings is 1. The molecule has 4 heterocycles. The molecule has 11 rings (SSSR count). The Labute approximate surface area is 295 Å².